The van der Waals surface area contributed by atoms with E-state index in [1.54, 1.807) is 64.2 Å². The molecule has 3 aliphatic rings. The Morgan fingerprint density at radius 2 is 1.18 bits per heavy atom. The van der Waals surface area contributed by atoms with Gasteiger partial charge in [-0.2, -0.15) is 20.3 Å². The van der Waals surface area contributed by atoms with Crippen molar-refractivity contribution in [1.82, 2.24) is 5.01 Å². The van der Waals surface area contributed by atoms with Crippen LogP contribution in [0.25, 0.3) is 0 Å². The molecule has 9 heteroatoms. The second-order valence-corrected chi connectivity index (χ2v) is 8.70. The summed E-state index contributed by atoms with van der Waals surface area (Å²) in [4.78, 5) is 41.6. The first-order chi connectivity index (χ1) is 16.3. The highest BCUT2D eigenvalue weighted by molar-refractivity contribution is 6.32. The molecule has 3 atom stereocenters. The van der Waals surface area contributed by atoms with Crippen LogP contribution in [-0.4, -0.2) is 46.9 Å². The van der Waals surface area contributed by atoms with Gasteiger partial charge in [-0.1, -0.05) is 36.4 Å². The van der Waals surface area contributed by atoms with Crippen LogP contribution >= 0.6 is 0 Å². The molecule has 0 aromatic heterocycles. The lowest BCUT2D eigenvalue weighted by atomic mass is 9.60. The highest BCUT2D eigenvalue weighted by Crippen LogP contribution is 2.50. The van der Waals surface area contributed by atoms with Crippen LogP contribution in [0.5, 0.6) is 0 Å². The molecule has 0 fully saturated rings. The molecule has 0 bridgehead atoms. The van der Waals surface area contributed by atoms with Crippen molar-refractivity contribution >= 4 is 46.2 Å². The molecule has 3 heterocycles. The molecule has 3 aliphatic heterocycles. The van der Waals surface area contributed by atoms with Crippen molar-refractivity contribution in [2.24, 2.45) is 32.6 Å². The van der Waals surface area contributed by atoms with Gasteiger partial charge in [-0.15, -0.1) is 0 Å². The van der Waals surface area contributed by atoms with E-state index in [-0.39, 0.29) is 11.8 Å². The van der Waals surface area contributed by atoms with Crippen LogP contribution in [-0.2, 0) is 14.4 Å². The third-order valence-electron chi connectivity index (χ3n) is 6.73. The molecule has 34 heavy (non-hydrogen) atoms. The molecule has 0 radical (unpaired) electrons. The van der Waals surface area contributed by atoms with E-state index in [0.29, 0.717) is 28.5 Å². The summed E-state index contributed by atoms with van der Waals surface area (Å²) in [6, 6.07) is 18.0. The third-order valence-corrected chi connectivity index (χ3v) is 6.73. The smallest absolute Gasteiger partial charge is 0.261 e. The fraction of sp³-hybridized carbons (Fsp3) is 0.280. The van der Waals surface area contributed by atoms with Crippen LogP contribution in [0.3, 0.4) is 0 Å². The molecule has 9 nitrogen and oxygen atoms in total. The zero-order chi connectivity index (χ0) is 24.2. The van der Waals surface area contributed by atoms with Gasteiger partial charge in [-0.25, -0.2) is 10.0 Å². The number of para-hydroxylation sites is 2. The molecule has 172 valence electrons. The number of amides is 3. The topological polar surface area (TPSA) is 98.0 Å². The van der Waals surface area contributed by atoms with Gasteiger partial charge in [0.2, 0.25) is 0 Å². The summed E-state index contributed by atoms with van der Waals surface area (Å²) < 4.78 is 0. The Morgan fingerprint density at radius 1 is 0.676 bits per heavy atom. The lowest BCUT2D eigenvalue weighted by Gasteiger charge is -2.37. The first kappa shape index (κ1) is 21.7. The van der Waals surface area contributed by atoms with Crippen LogP contribution in [0.1, 0.15) is 20.8 Å². The van der Waals surface area contributed by atoms with Crippen LogP contribution in [0.4, 0.5) is 11.4 Å². The molecule has 0 saturated heterocycles. The summed E-state index contributed by atoms with van der Waals surface area (Å²) in [6.45, 7) is 5.13. The number of benzene rings is 2. The summed E-state index contributed by atoms with van der Waals surface area (Å²) >= 11 is 0. The maximum absolute atomic E-state index is 14.3. The van der Waals surface area contributed by atoms with E-state index in [1.165, 1.54) is 15.0 Å². The Morgan fingerprint density at radius 3 is 1.71 bits per heavy atom. The largest absolute Gasteiger partial charge is 0.272 e. The van der Waals surface area contributed by atoms with Crippen LogP contribution in [0.15, 0.2) is 76.0 Å². The maximum Gasteiger partial charge on any atom is 0.261 e. The van der Waals surface area contributed by atoms with E-state index >= 15 is 0 Å². The molecule has 0 N–H and O–H groups in total. The Bertz CT molecular complexity index is 1290. The van der Waals surface area contributed by atoms with E-state index in [0.717, 1.165) is 0 Å². The number of anilines is 2. The third kappa shape index (κ3) is 2.86. The summed E-state index contributed by atoms with van der Waals surface area (Å²) in [7, 11) is 1.55. The Hall–Kier alpha value is -4.14. The van der Waals surface area contributed by atoms with Gasteiger partial charge < -0.3 is 0 Å². The quantitative estimate of drug-likeness (QED) is 0.707. The molecular formula is C25H24N6O3. The van der Waals surface area contributed by atoms with Crippen molar-refractivity contribution in [3.63, 3.8) is 0 Å². The number of carbonyl (C=O) groups is 3. The average molecular weight is 457 g/mol. The second-order valence-electron chi connectivity index (χ2n) is 8.70. The normalized spacial score (nSPS) is 26.9. The highest BCUT2D eigenvalue weighted by Gasteiger charge is 2.68. The van der Waals surface area contributed by atoms with E-state index in [9.17, 15) is 14.4 Å². The molecule has 5 rings (SSSR count). The summed E-state index contributed by atoms with van der Waals surface area (Å²) in [6.07, 6.45) is 0. The van der Waals surface area contributed by atoms with Gasteiger partial charge in [-0.3, -0.25) is 14.4 Å². The van der Waals surface area contributed by atoms with E-state index < -0.39 is 23.2 Å². The van der Waals surface area contributed by atoms with Gasteiger partial charge in [0.05, 0.1) is 17.1 Å². The molecule has 0 aliphatic carbocycles. The monoisotopic (exact) mass is 456 g/mol. The Kier molecular flexibility index (Phi) is 4.93. The van der Waals surface area contributed by atoms with Gasteiger partial charge >= 0.3 is 0 Å². The Labute approximate surface area is 197 Å². The molecular weight excluding hydrogens is 432 g/mol. The second kappa shape index (κ2) is 7.72. The van der Waals surface area contributed by atoms with Crippen LogP contribution in [0, 0.1) is 17.3 Å². The van der Waals surface area contributed by atoms with E-state index in [1.807, 2.05) is 24.3 Å². The van der Waals surface area contributed by atoms with Crippen LogP contribution < -0.4 is 10.0 Å². The SMILES string of the molecule is CC1=NN(c2ccccc2)C(=O)[C@H]1[C@]1([C@H]2C(=O)N(C)N=C2C)C(=O)N(c2ccccc2)N=C1C. The zero-order valence-corrected chi connectivity index (χ0v) is 19.3. The predicted octanol–water partition coefficient (Wildman–Crippen LogP) is 2.90. The van der Waals surface area contributed by atoms with Crippen LogP contribution in [0.2, 0.25) is 0 Å². The van der Waals surface area contributed by atoms with E-state index in [2.05, 4.69) is 15.3 Å². The molecule has 3 amide bonds. The summed E-state index contributed by atoms with van der Waals surface area (Å²) in [5, 5.41) is 17.3. The van der Waals surface area contributed by atoms with Crippen molar-refractivity contribution in [2.45, 2.75) is 20.8 Å². The first-order valence-electron chi connectivity index (χ1n) is 11.0. The van der Waals surface area contributed by atoms with Gasteiger partial charge in [0.25, 0.3) is 17.7 Å². The van der Waals surface area contributed by atoms with E-state index in [4.69, 9.17) is 0 Å². The lowest BCUT2D eigenvalue weighted by molar-refractivity contribution is -0.140. The van der Waals surface area contributed by atoms with Crippen molar-refractivity contribution in [1.29, 1.82) is 0 Å². The van der Waals surface area contributed by atoms with Crippen molar-refractivity contribution < 1.29 is 14.4 Å². The summed E-state index contributed by atoms with van der Waals surface area (Å²) in [5.74, 6) is -3.16. The minimum Gasteiger partial charge on any atom is -0.272 e. The molecule has 2 aromatic carbocycles. The minimum atomic E-state index is -1.58. The average Bonchev–Trinajstić information content (AvgIpc) is 3.38. The maximum atomic E-state index is 14.3. The predicted molar refractivity (Wildman–Crippen MR) is 129 cm³/mol. The zero-order valence-electron chi connectivity index (χ0n) is 19.3. The number of hydrogen-bond acceptors (Lipinski definition) is 6. The number of rotatable bonds is 4. The molecule has 2 aromatic rings. The number of hydrazone groups is 3. The molecule has 0 unspecified atom stereocenters. The van der Waals surface area contributed by atoms with Crippen molar-refractivity contribution in [3.8, 4) is 0 Å². The van der Waals surface area contributed by atoms with Gasteiger partial charge in [-0.05, 0) is 45.0 Å². The van der Waals surface area contributed by atoms with Crippen molar-refractivity contribution in [3.05, 3.63) is 60.7 Å². The standard InChI is InChI=1S/C25H24N6O3/c1-15-20(22(32)29(4)26-15)25(17(3)28-31(24(25)34)19-13-9-6-10-14-19)21-16(2)27-30(23(21)33)18-11-7-5-8-12-18/h5-14,20-21H,1-4H3/t20-,21+,25+/m1/s1. The lowest BCUT2D eigenvalue weighted by Crippen LogP contribution is -2.58. The molecule has 0 saturated carbocycles. The minimum absolute atomic E-state index is 0.353. The highest BCUT2D eigenvalue weighted by atomic mass is 16.2. The fourth-order valence-electron chi connectivity index (χ4n) is 5.26. The van der Waals surface area contributed by atoms with Gasteiger partial charge in [0.1, 0.15) is 17.3 Å². The van der Waals surface area contributed by atoms with Gasteiger partial charge in [0.15, 0.2) is 0 Å². The van der Waals surface area contributed by atoms with Gasteiger partial charge in [0, 0.05) is 18.5 Å². The fourth-order valence-corrected chi connectivity index (χ4v) is 5.26. The van der Waals surface area contributed by atoms with Crippen molar-refractivity contribution in [2.75, 3.05) is 17.1 Å². The first-order valence-corrected chi connectivity index (χ1v) is 11.0. The summed E-state index contributed by atoms with van der Waals surface area (Å²) in [5.41, 5.74) is 0.851. The number of hydrogen-bond donors (Lipinski definition) is 0. The molecule has 0 spiro atoms. The number of carbonyl (C=O) groups excluding carboxylic acids is 3. The Balaban J connectivity index is 1.69. The number of nitrogens with zero attached hydrogens (tertiary/aromatic N) is 6.